The molecule has 0 aliphatic rings. The second kappa shape index (κ2) is 4.89. The molecule has 0 aliphatic heterocycles. The van der Waals surface area contributed by atoms with E-state index in [-0.39, 0.29) is 5.75 Å². The Kier molecular flexibility index (Phi) is 4.04. The summed E-state index contributed by atoms with van der Waals surface area (Å²) in [5.41, 5.74) is 0.360. The Morgan fingerprint density at radius 2 is 2.20 bits per heavy atom. The molecular formula is C9H9ClINO3. The molecule has 0 saturated heterocycles. The molecule has 0 amide bonds. The summed E-state index contributed by atoms with van der Waals surface area (Å²) in [4.78, 5) is 10.6. The van der Waals surface area contributed by atoms with Crippen LogP contribution >= 0.6 is 34.2 Å². The van der Waals surface area contributed by atoms with Crippen molar-refractivity contribution in [2.24, 2.45) is 0 Å². The fourth-order valence-corrected chi connectivity index (χ4v) is 1.57. The number of aliphatic carboxylic acids is 1. The third kappa shape index (κ3) is 3.13. The SMILES string of the molecule is CC(Nc1cc(I)c(Cl)cc1O)C(=O)O. The van der Waals surface area contributed by atoms with Crippen molar-refractivity contribution in [1.82, 2.24) is 0 Å². The Hall–Kier alpha value is -0.690. The van der Waals surface area contributed by atoms with Crippen LogP contribution in [-0.4, -0.2) is 22.2 Å². The van der Waals surface area contributed by atoms with Crippen LogP contribution in [0.3, 0.4) is 0 Å². The average molecular weight is 342 g/mol. The first kappa shape index (κ1) is 12.4. The normalized spacial score (nSPS) is 12.2. The van der Waals surface area contributed by atoms with Gasteiger partial charge in [-0.1, -0.05) is 11.6 Å². The second-order valence-electron chi connectivity index (χ2n) is 2.99. The van der Waals surface area contributed by atoms with Crippen molar-refractivity contribution in [2.75, 3.05) is 5.32 Å². The summed E-state index contributed by atoms with van der Waals surface area (Å²) in [7, 11) is 0. The smallest absolute Gasteiger partial charge is 0.325 e. The van der Waals surface area contributed by atoms with Gasteiger partial charge in [-0.05, 0) is 35.6 Å². The summed E-state index contributed by atoms with van der Waals surface area (Å²) in [5, 5.41) is 21.3. The number of phenolic OH excluding ortho intramolecular Hbond substituents is 1. The van der Waals surface area contributed by atoms with Gasteiger partial charge in [0, 0.05) is 9.64 Å². The Balaban J connectivity index is 2.95. The molecule has 15 heavy (non-hydrogen) atoms. The van der Waals surface area contributed by atoms with E-state index in [0.29, 0.717) is 10.7 Å². The molecule has 1 unspecified atom stereocenters. The number of aromatic hydroxyl groups is 1. The van der Waals surface area contributed by atoms with E-state index < -0.39 is 12.0 Å². The van der Waals surface area contributed by atoms with Gasteiger partial charge in [0.1, 0.15) is 11.8 Å². The molecule has 0 aromatic heterocycles. The van der Waals surface area contributed by atoms with E-state index in [0.717, 1.165) is 3.57 Å². The number of benzene rings is 1. The van der Waals surface area contributed by atoms with Crippen LogP contribution in [-0.2, 0) is 4.79 Å². The lowest BCUT2D eigenvalue weighted by atomic mass is 10.2. The van der Waals surface area contributed by atoms with Crippen molar-refractivity contribution in [2.45, 2.75) is 13.0 Å². The molecule has 0 fully saturated rings. The molecule has 0 bridgehead atoms. The third-order valence-electron chi connectivity index (χ3n) is 1.78. The highest BCUT2D eigenvalue weighted by atomic mass is 127. The predicted molar refractivity (Wildman–Crippen MR) is 66.6 cm³/mol. The van der Waals surface area contributed by atoms with Crippen LogP contribution in [0.25, 0.3) is 0 Å². The Labute approximate surface area is 105 Å². The van der Waals surface area contributed by atoms with E-state index in [1.54, 1.807) is 6.07 Å². The quantitative estimate of drug-likeness (QED) is 0.584. The molecule has 0 radical (unpaired) electrons. The van der Waals surface area contributed by atoms with Crippen LogP contribution in [0.15, 0.2) is 12.1 Å². The van der Waals surface area contributed by atoms with Gasteiger partial charge in [0.05, 0.1) is 10.7 Å². The molecule has 0 heterocycles. The van der Waals surface area contributed by atoms with Crippen molar-refractivity contribution in [3.8, 4) is 5.75 Å². The van der Waals surface area contributed by atoms with Gasteiger partial charge in [0.2, 0.25) is 0 Å². The zero-order chi connectivity index (χ0) is 11.6. The minimum Gasteiger partial charge on any atom is -0.506 e. The highest BCUT2D eigenvalue weighted by Gasteiger charge is 2.13. The maximum absolute atomic E-state index is 10.6. The van der Waals surface area contributed by atoms with Gasteiger partial charge >= 0.3 is 5.97 Å². The minimum absolute atomic E-state index is 0.0616. The molecule has 1 atom stereocenters. The van der Waals surface area contributed by atoms with E-state index in [1.807, 2.05) is 22.6 Å². The maximum atomic E-state index is 10.6. The number of rotatable bonds is 3. The molecule has 6 heteroatoms. The van der Waals surface area contributed by atoms with Crippen LogP contribution in [0, 0.1) is 3.57 Å². The molecule has 3 N–H and O–H groups in total. The summed E-state index contributed by atoms with van der Waals surface area (Å²) in [6, 6.07) is 2.20. The zero-order valence-electron chi connectivity index (χ0n) is 7.79. The molecule has 1 aromatic carbocycles. The van der Waals surface area contributed by atoms with Crippen molar-refractivity contribution < 1.29 is 15.0 Å². The number of anilines is 1. The van der Waals surface area contributed by atoms with Crippen molar-refractivity contribution in [1.29, 1.82) is 0 Å². The molecule has 82 valence electrons. The first-order valence-electron chi connectivity index (χ1n) is 4.09. The van der Waals surface area contributed by atoms with Gasteiger partial charge in [-0.15, -0.1) is 0 Å². The number of halogens is 2. The molecule has 1 aromatic rings. The number of phenols is 1. The van der Waals surface area contributed by atoms with Gasteiger partial charge < -0.3 is 15.5 Å². The largest absolute Gasteiger partial charge is 0.506 e. The topological polar surface area (TPSA) is 69.6 Å². The summed E-state index contributed by atoms with van der Waals surface area (Å²) in [5.74, 6) is -1.05. The van der Waals surface area contributed by atoms with Crippen LogP contribution in [0.4, 0.5) is 5.69 Å². The lowest BCUT2D eigenvalue weighted by Gasteiger charge is -2.13. The Morgan fingerprint density at radius 3 is 2.73 bits per heavy atom. The van der Waals surface area contributed by atoms with E-state index in [9.17, 15) is 9.90 Å². The van der Waals surface area contributed by atoms with Crippen LogP contribution in [0.5, 0.6) is 5.75 Å². The van der Waals surface area contributed by atoms with Crippen LogP contribution in [0.2, 0.25) is 5.02 Å². The second-order valence-corrected chi connectivity index (χ2v) is 4.56. The van der Waals surface area contributed by atoms with Gasteiger partial charge in [-0.25, -0.2) is 0 Å². The van der Waals surface area contributed by atoms with E-state index in [2.05, 4.69) is 5.32 Å². The Morgan fingerprint density at radius 1 is 1.60 bits per heavy atom. The first-order valence-corrected chi connectivity index (χ1v) is 5.55. The average Bonchev–Trinajstić information content (AvgIpc) is 2.13. The maximum Gasteiger partial charge on any atom is 0.325 e. The number of carboxylic acid groups (broad SMARTS) is 1. The summed E-state index contributed by atoms with van der Waals surface area (Å²) < 4.78 is 0.743. The lowest BCUT2D eigenvalue weighted by molar-refractivity contribution is -0.137. The van der Waals surface area contributed by atoms with Gasteiger partial charge in [-0.2, -0.15) is 0 Å². The predicted octanol–water partition coefficient (Wildman–Crippen LogP) is 2.54. The van der Waals surface area contributed by atoms with Crippen molar-refractivity contribution >= 4 is 45.8 Å². The van der Waals surface area contributed by atoms with Crippen molar-refractivity contribution in [3.05, 3.63) is 20.7 Å². The standard InChI is InChI=1S/C9H9ClINO3/c1-4(9(14)15)12-7-3-6(11)5(10)2-8(7)13/h2-4,12-13H,1H3,(H,14,15). The zero-order valence-corrected chi connectivity index (χ0v) is 10.7. The van der Waals surface area contributed by atoms with Gasteiger partial charge in [0.25, 0.3) is 0 Å². The highest BCUT2D eigenvalue weighted by Crippen LogP contribution is 2.31. The van der Waals surface area contributed by atoms with E-state index in [1.165, 1.54) is 13.0 Å². The number of carboxylic acids is 1. The molecule has 4 nitrogen and oxygen atoms in total. The highest BCUT2D eigenvalue weighted by molar-refractivity contribution is 14.1. The Bertz CT molecular complexity index is 397. The fourth-order valence-electron chi connectivity index (χ4n) is 0.947. The molecule has 1 rings (SSSR count). The van der Waals surface area contributed by atoms with Crippen molar-refractivity contribution in [3.63, 3.8) is 0 Å². The number of nitrogens with one attached hydrogen (secondary N) is 1. The van der Waals surface area contributed by atoms with Crippen LogP contribution in [0.1, 0.15) is 6.92 Å². The molecule has 0 saturated carbocycles. The minimum atomic E-state index is -0.987. The molecular weight excluding hydrogens is 332 g/mol. The first-order chi connectivity index (χ1) is 6.91. The van der Waals surface area contributed by atoms with E-state index >= 15 is 0 Å². The van der Waals surface area contributed by atoms with E-state index in [4.69, 9.17) is 16.7 Å². The molecule has 0 aliphatic carbocycles. The van der Waals surface area contributed by atoms with Gasteiger partial charge in [-0.3, -0.25) is 4.79 Å². The lowest BCUT2D eigenvalue weighted by Crippen LogP contribution is -2.25. The van der Waals surface area contributed by atoms with Gasteiger partial charge in [0.15, 0.2) is 0 Å². The number of hydrogen-bond donors (Lipinski definition) is 3. The number of hydrogen-bond acceptors (Lipinski definition) is 3. The third-order valence-corrected chi connectivity index (χ3v) is 3.31. The summed E-state index contributed by atoms with van der Waals surface area (Å²) in [6.07, 6.45) is 0. The summed E-state index contributed by atoms with van der Waals surface area (Å²) >= 11 is 7.77. The molecule has 0 spiro atoms. The fraction of sp³-hybridized carbons (Fsp3) is 0.222. The van der Waals surface area contributed by atoms with Crippen LogP contribution < -0.4 is 5.32 Å². The summed E-state index contributed by atoms with van der Waals surface area (Å²) in [6.45, 7) is 1.49. The number of carbonyl (C=O) groups is 1. The monoisotopic (exact) mass is 341 g/mol.